The minimum absolute atomic E-state index is 0.671. The van der Waals surface area contributed by atoms with Crippen molar-refractivity contribution in [3.05, 3.63) is 18.4 Å². The van der Waals surface area contributed by atoms with Crippen molar-refractivity contribution < 1.29 is 4.42 Å². The van der Waals surface area contributed by atoms with Gasteiger partial charge in [-0.25, -0.2) is 0 Å². The Morgan fingerprint density at radius 2 is 2.50 bits per heavy atom. The molecule has 0 amide bonds. The van der Waals surface area contributed by atoms with E-state index in [0.717, 1.165) is 5.16 Å². The fourth-order valence-corrected chi connectivity index (χ4v) is 1.18. The number of H-pyrrole nitrogens is 1. The molecular weight excluding hydrogens is 174 g/mol. The van der Waals surface area contributed by atoms with Crippen LogP contribution in [-0.2, 0) is 0 Å². The van der Waals surface area contributed by atoms with Crippen molar-refractivity contribution >= 4 is 11.8 Å². The van der Waals surface area contributed by atoms with E-state index < -0.39 is 0 Å². The first-order valence-corrected chi connectivity index (χ1v) is 4.63. The number of nitrogens with one attached hydrogen (secondary N) is 1. The van der Waals surface area contributed by atoms with Gasteiger partial charge >= 0.3 is 0 Å². The van der Waals surface area contributed by atoms with E-state index in [-0.39, 0.29) is 0 Å². The number of hydrogen-bond donors (Lipinski definition) is 1. The highest BCUT2D eigenvalue weighted by molar-refractivity contribution is 7.98. The third kappa shape index (κ3) is 1.23. The first kappa shape index (κ1) is 7.42. The average Bonchev–Trinajstić information content (AvgIpc) is 2.75. The molecule has 0 aliphatic rings. The molecule has 12 heavy (non-hydrogen) atoms. The maximum atomic E-state index is 5.13. The second kappa shape index (κ2) is 3.02. The Morgan fingerprint density at radius 1 is 1.58 bits per heavy atom. The zero-order valence-corrected chi connectivity index (χ0v) is 7.26. The van der Waals surface area contributed by atoms with Crippen LogP contribution in [0.2, 0.25) is 0 Å². The molecule has 2 rings (SSSR count). The van der Waals surface area contributed by atoms with Gasteiger partial charge in [-0.1, -0.05) is 11.8 Å². The second-order valence-electron chi connectivity index (χ2n) is 2.15. The fraction of sp³-hybridized carbons (Fsp3) is 0.143. The monoisotopic (exact) mass is 181 g/mol. The van der Waals surface area contributed by atoms with Crippen LogP contribution in [0, 0.1) is 0 Å². The smallest absolute Gasteiger partial charge is 0.208 e. The van der Waals surface area contributed by atoms with Crippen molar-refractivity contribution in [2.45, 2.75) is 5.16 Å². The highest BCUT2D eigenvalue weighted by Gasteiger charge is 2.05. The molecular formula is C7H7N3OS. The molecule has 0 spiro atoms. The third-order valence-corrected chi connectivity index (χ3v) is 1.95. The molecule has 2 heterocycles. The van der Waals surface area contributed by atoms with E-state index in [4.69, 9.17) is 4.42 Å². The van der Waals surface area contributed by atoms with Crippen molar-refractivity contribution in [3.63, 3.8) is 0 Å². The summed E-state index contributed by atoms with van der Waals surface area (Å²) in [7, 11) is 0. The van der Waals surface area contributed by atoms with Gasteiger partial charge in [0, 0.05) is 0 Å². The summed E-state index contributed by atoms with van der Waals surface area (Å²) in [6, 6.07) is 3.65. The molecule has 62 valence electrons. The van der Waals surface area contributed by atoms with E-state index in [9.17, 15) is 0 Å². The molecule has 0 radical (unpaired) electrons. The van der Waals surface area contributed by atoms with E-state index in [1.54, 1.807) is 6.26 Å². The van der Waals surface area contributed by atoms with Crippen LogP contribution in [0.5, 0.6) is 0 Å². The first-order chi connectivity index (χ1) is 5.90. The lowest BCUT2D eigenvalue weighted by atomic mass is 10.4. The lowest BCUT2D eigenvalue weighted by Gasteiger charge is -1.84. The number of thioether (sulfide) groups is 1. The number of rotatable bonds is 2. The maximum Gasteiger partial charge on any atom is 0.208 e. The predicted molar refractivity (Wildman–Crippen MR) is 45.9 cm³/mol. The van der Waals surface area contributed by atoms with Gasteiger partial charge in [0.05, 0.1) is 6.26 Å². The quantitative estimate of drug-likeness (QED) is 0.717. The van der Waals surface area contributed by atoms with Gasteiger partial charge in [-0.15, -0.1) is 5.10 Å². The minimum atomic E-state index is 0.671. The molecule has 0 aromatic carbocycles. The average molecular weight is 181 g/mol. The molecule has 0 aliphatic carbocycles. The Bertz CT molecular complexity index is 354. The zero-order valence-electron chi connectivity index (χ0n) is 6.44. The van der Waals surface area contributed by atoms with Crippen LogP contribution in [0.15, 0.2) is 28.0 Å². The lowest BCUT2D eigenvalue weighted by molar-refractivity contribution is 0.577. The third-order valence-electron chi connectivity index (χ3n) is 1.40. The van der Waals surface area contributed by atoms with Crippen LogP contribution in [0.4, 0.5) is 0 Å². The SMILES string of the molecule is CSc1n[nH]c(-c2ccco2)n1. The van der Waals surface area contributed by atoms with Crippen LogP contribution >= 0.6 is 11.8 Å². The number of aromatic nitrogens is 3. The van der Waals surface area contributed by atoms with Gasteiger partial charge in [-0.2, -0.15) is 4.98 Å². The molecule has 0 fully saturated rings. The standard InChI is InChI=1S/C7H7N3OS/c1-12-7-8-6(9-10-7)5-3-2-4-11-5/h2-4H,1H3,(H,8,9,10). The Morgan fingerprint density at radius 3 is 3.08 bits per heavy atom. The van der Waals surface area contributed by atoms with E-state index >= 15 is 0 Å². The number of nitrogens with zero attached hydrogens (tertiary/aromatic N) is 2. The summed E-state index contributed by atoms with van der Waals surface area (Å²) in [4.78, 5) is 4.17. The summed E-state index contributed by atoms with van der Waals surface area (Å²) in [5.41, 5.74) is 0. The summed E-state index contributed by atoms with van der Waals surface area (Å²) in [5.74, 6) is 1.38. The first-order valence-electron chi connectivity index (χ1n) is 3.40. The number of aromatic amines is 1. The van der Waals surface area contributed by atoms with Crippen molar-refractivity contribution in [2.75, 3.05) is 6.26 Å². The van der Waals surface area contributed by atoms with Crippen LogP contribution in [0.1, 0.15) is 0 Å². The van der Waals surface area contributed by atoms with Gasteiger partial charge in [-0.3, -0.25) is 5.10 Å². The van der Waals surface area contributed by atoms with Gasteiger partial charge in [0.1, 0.15) is 0 Å². The topological polar surface area (TPSA) is 54.7 Å². The van der Waals surface area contributed by atoms with Crippen molar-refractivity contribution in [1.29, 1.82) is 0 Å². The van der Waals surface area contributed by atoms with E-state index in [2.05, 4.69) is 15.2 Å². The molecule has 4 nitrogen and oxygen atoms in total. The van der Waals surface area contributed by atoms with Crippen LogP contribution in [0.25, 0.3) is 11.6 Å². The zero-order chi connectivity index (χ0) is 8.39. The molecule has 0 bridgehead atoms. The van der Waals surface area contributed by atoms with Crippen LogP contribution < -0.4 is 0 Å². The summed E-state index contributed by atoms with van der Waals surface area (Å²) >= 11 is 1.49. The summed E-state index contributed by atoms with van der Waals surface area (Å²) in [5, 5.41) is 7.46. The fourth-order valence-electron chi connectivity index (χ4n) is 0.861. The van der Waals surface area contributed by atoms with Gasteiger partial charge < -0.3 is 4.42 Å². The summed E-state index contributed by atoms with van der Waals surface area (Å²) < 4.78 is 5.13. The molecule has 5 heteroatoms. The predicted octanol–water partition coefficient (Wildman–Crippen LogP) is 1.79. The van der Waals surface area contributed by atoms with Crippen molar-refractivity contribution in [1.82, 2.24) is 15.2 Å². The molecule has 0 saturated carbocycles. The molecule has 0 atom stereocenters. The maximum absolute atomic E-state index is 5.13. The highest BCUT2D eigenvalue weighted by atomic mass is 32.2. The van der Waals surface area contributed by atoms with Gasteiger partial charge in [0.25, 0.3) is 0 Å². The summed E-state index contributed by atoms with van der Waals surface area (Å²) in [6.45, 7) is 0. The van der Waals surface area contributed by atoms with Crippen molar-refractivity contribution in [3.8, 4) is 11.6 Å². The Hall–Kier alpha value is -1.23. The Labute approximate surface area is 73.4 Å². The molecule has 1 N–H and O–H groups in total. The number of hydrogen-bond acceptors (Lipinski definition) is 4. The summed E-state index contributed by atoms with van der Waals surface area (Å²) in [6.07, 6.45) is 3.53. The van der Waals surface area contributed by atoms with Crippen molar-refractivity contribution in [2.24, 2.45) is 0 Å². The Balaban J connectivity index is 2.35. The minimum Gasteiger partial charge on any atom is -0.461 e. The van der Waals surface area contributed by atoms with Gasteiger partial charge in [0.2, 0.25) is 5.16 Å². The molecule has 2 aromatic heterocycles. The van der Waals surface area contributed by atoms with Crippen LogP contribution in [-0.4, -0.2) is 21.4 Å². The molecule has 2 aromatic rings. The molecule has 0 aliphatic heterocycles. The normalized spacial score (nSPS) is 10.4. The Kier molecular flexibility index (Phi) is 1.87. The van der Waals surface area contributed by atoms with Crippen LogP contribution in [0.3, 0.4) is 0 Å². The lowest BCUT2D eigenvalue weighted by Crippen LogP contribution is -1.74. The second-order valence-corrected chi connectivity index (χ2v) is 2.92. The van der Waals surface area contributed by atoms with Gasteiger partial charge in [0.15, 0.2) is 11.6 Å². The largest absolute Gasteiger partial charge is 0.461 e. The number of furan rings is 1. The molecule has 0 saturated heterocycles. The van der Waals surface area contributed by atoms with Gasteiger partial charge in [-0.05, 0) is 18.4 Å². The van der Waals surface area contributed by atoms with E-state index in [1.165, 1.54) is 11.8 Å². The van der Waals surface area contributed by atoms with E-state index in [0.29, 0.717) is 11.6 Å². The van der Waals surface area contributed by atoms with E-state index in [1.807, 2.05) is 18.4 Å². The highest BCUT2D eigenvalue weighted by Crippen LogP contribution is 2.17. The molecule has 0 unspecified atom stereocenters.